The van der Waals surface area contributed by atoms with Crippen LogP contribution in [0.5, 0.6) is 0 Å². The highest BCUT2D eigenvalue weighted by atomic mass is 32.1. The molecule has 0 aromatic heterocycles. The molecule has 0 radical (unpaired) electrons. The van der Waals surface area contributed by atoms with E-state index in [1.807, 2.05) is 31.2 Å². The van der Waals surface area contributed by atoms with E-state index >= 15 is 0 Å². The molecule has 3 aromatic carbocycles. The third kappa shape index (κ3) is 2.93. The SMILES string of the molecule is Cc1ccc(Cc2c(S)c(C(=O)O)c(N)c3c2C(=O)c2ccccc2C3=O)cc1. The number of thiol groups is 1. The predicted octanol–water partition coefficient (Wildman–Crippen LogP) is 3.93. The minimum atomic E-state index is -1.29. The summed E-state index contributed by atoms with van der Waals surface area (Å²) in [5.74, 6) is -2.09. The van der Waals surface area contributed by atoms with Gasteiger partial charge in [0.15, 0.2) is 11.6 Å². The van der Waals surface area contributed by atoms with E-state index in [1.54, 1.807) is 24.3 Å². The van der Waals surface area contributed by atoms with Crippen LogP contribution in [0.25, 0.3) is 0 Å². The molecule has 1 aliphatic carbocycles. The van der Waals surface area contributed by atoms with Crippen LogP contribution in [0.2, 0.25) is 0 Å². The molecule has 0 unspecified atom stereocenters. The molecule has 6 heteroatoms. The van der Waals surface area contributed by atoms with Crippen LogP contribution in [0.4, 0.5) is 5.69 Å². The maximum atomic E-state index is 13.3. The summed E-state index contributed by atoms with van der Waals surface area (Å²) in [5.41, 5.74) is 8.55. The summed E-state index contributed by atoms with van der Waals surface area (Å²) in [6.45, 7) is 1.96. The van der Waals surface area contributed by atoms with Gasteiger partial charge in [-0.15, -0.1) is 12.6 Å². The molecule has 5 nitrogen and oxygen atoms in total. The van der Waals surface area contributed by atoms with Gasteiger partial charge in [-0.2, -0.15) is 0 Å². The monoisotopic (exact) mass is 403 g/mol. The number of nitrogens with two attached hydrogens (primary N) is 1. The van der Waals surface area contributed by atoms with Gasteiger partial charge in [0, 0.05) is 21.6 Å². The van der Waals surface area contributed by atoms with Crippen molar-refractivity contribution in [3.05, 3.63) is 93.0 Å². The molecule has 0 saturated heterocycles. The highest BCUT2D eigenvalue weighted by Gasteiger charge is 2.37. The van der Waals surface area contributed by atoms with Crippen molar-refractivity contribution >= 4 is 35.9 Å². The molecule has 3 N–H and O–H groups in total. The maximum absolute atomic E-state index is 13.3. The van der Waals surface area contributed by atoms with E-state index < -0.39 is 11.8 Å². The van der Waals surface area contributed by atoms with Crippen molar-refractivity contribution in [3.63, 3.8) is 0 Å². The second-order valence-electron chi connectivity index (χ2n) is 7.04. The van der Waals surface area contributed by atoms with Gasteiger partial charge in [0.1, 0.15) is 0 Å². The summed E-state index contributed by atoms with van der Waals surface area (Å²) in [5, 5.41) is 9.70. The number of fused-ring (bicyclic) bond motifs is 2. The molecule has 0 fully saturated rings. The number of hydrogen-bond acceptors (Lipinski definition) is 5. The summed E-state index contributed by atoms with van der Waals surface area (Å²) in [6, 6.07) is 14.1. The van der Waals surface area contributed by atoms with Gasteiger partial charge in [0.2, 0.25) is 0 Å². The van der Waals surface area contributed by atoms with Crippen LogP contribution in [0.1, 0.15) is 58.9 Å². The quantitative estimate of drug-likeness (QED) is 0.356. The average molecular weight is 403 g/mol. The molecule has 0 heterocycles. The molecule has 0 aliphatic heterocycles. The standard InChI is InChI=1S/C23H17NO4S/c1-11-6-8-12(9-7-11)10-15-16-17(19(24)18(22(15)29)23(27)28)21(26)14-5-3-2-4-13(14)20(16)25/h2-9,29H,10,24H2,1H3,(H,27,28). The van der Waals surface area contributed by atoms with Crippen LogP contribution in [0, 0.1) is 6.92 Å². The van der Waals surface area contributed by atoms with Crippen LogP contribution < -0.4 is 5.73 Å². The van der Waals surface area contributed by atoms with E-state index in [2.05, 4.69) is 12.6 Å². The molecule has 0 saturated carbocycles. The summed E-state index contributed by atoms with van der Waals surface area (Å²) in [6.07, 6.45) is 0.253. The third-order valence-electron chi connectivity index (χ3n) is 5.20. The molecule has 144 valence electrons. The van der Waals surface area contributed by atoms with E-state index in [-0.39, 0.29) is 50.6 Å². The number of anilines is 1. The number of nitrogen functional groups attached to an aromatic ring is 1. The summed E-state index contributed by atoms with van der Waals surface area (Å²) in [4.78, 5) is 38.5. The molecular formula is C23H17NO4S. The number of ketones is 2. The molecule has 0 spiro atoms. The van der Waals surface area contributed by atoms with E-state index in [9.17, 15) is 19.5 Å². The fourth-order valence-corrected chi connectivity index (χ4v) is 4.15. The second-order valence-corrected chi connectivity index (χ2v) is 7.48. The predicted molar refractivity (Wildman–Crippen MR) is 112 cm³/mol. The van der Waals surface area contributed by atoms with Gasteiger partial charge in [-0.05, 0) is 24.5 Å². The molecule has 4 rings (SSSR count). The fraction of sp³-hybridized carbons (Fsp3) is 0.0870. The smallest absolute Gasteiger partial charge is 0.338 e. The van der Waals surface area contributed by atoms with Crippen molar-refractivity contribution in [1.82, 2.24) is 0 Å². The molecule has 1 aliphatic rings. The van der Waals surface area contributed by atoms with E-state index in [4.69, 9.17) is 5.73 Å². The molecule has 0 atom stereocenters. The zero-order chi connectivity index (χ0) is 20.9. The Labute approximate surface area is 172 Å². The number of benzene rings is 3. The Bertz CT molecular complexity index is 1210. The molecule has 29 heavy (non-hydrogen) atoms. The lowest BCUT2D eigenvalue weighted by Crippen LogP contribution is -2.26. The van der Waals surface area contributed by atoms with Crippen molar-refractivity contribution in [1.29, 1.82) is 0 Å². The average Bonchev–Trinajstić information content (AvgIpc) is 2.69. The van der Waals surface area contributed by atoms with Crippen LogP contribution in [-0.4, -0.2) is 22.6 Å². The number of carbonyl (C=O) groups is 3. The van der Waals surface area contributed by atoms with Gasteiger partial charge in [-0.1, -0.05) is 54.1 Å². The minimum Gasteiger partial charge on any atom is -0.478 e. The number of carboxylic acids is 1. The Kier molecular flexibility index (Phi) is 4.51. The lowest BCUT2D eigenvalue weighted by Gasteiger charge is -2.24. The zero-order valence-electron chi connectivity index (χ0n) is 15.5. The van der Waals surface area contributed by atoms with Gasteiger partial charge in [-0.3, -0.25) is 9.59 Å². The van der Waals surface area contributed by atoms with Crippen LogP contribution in [-0.2, 0) is 6.42 Å². The molecule has 0 amide bonds. The highest BCUT2D eigenvalue weighted by molar-refractivity contribution is 7.80. The Balaban J connectivity index is 2.04. The second kappa shape index (κ2) is 6.90. The van der Waals surface area contributed by atoms with Crippen molar-refractivity contribution in [2.75, 3.05) is 5.73 Å². The summed E-state index contributed by atoms with van der Waals surface area (Å²) in [7, 11) is 0. The fourth-order valence-electron chi connectivity index (χ4n) is 3.74. The maximum Gasteiger partial charge on any atom is 0.338 e. The molecular weight excluding hydrogens is 386 g/mol. The summed E-state index contributed by atoms with van der Waals surface area (Å²) < 4.78 is 0. The first kappa shape index (κ1) is 19.0. The third-order valence-corrected chi connectivity index (χ3v) is 5.69. The Hall–Kier alpha value is -3.38. The van der Waals surface area contributed by atoms with Crippen LogP contribution in [0.15, 0.2) is 53.4 Å². The van der Waals surface area contributed by atoms with E-state index in [0.717, 1.165) is 11.1 Å². The van der Waals surface area contributed by atoms with E-state index in [1.165, 1.54) is 0 Å². The Morgan fingerprint density at radius 3 is 2.07 bits per heavy atom. The van der Waals surface area contributed by atoms with Gasteiger partial charge in [-0.25, -0.2) is 4.79 Å². The van der Waals surface area contributed by atoms with Gasteiger partial charge in [0.05, 0.1) is 16.8 Å². The largest absolute Gasteiger partial charge is 0.478 e. The zero-order valence-corrected chi connectivity index (χ0v) is 16.4. The topological polar surface area (TPSA) is 97.5 Å². The van der Waals surface area contributed by atoms with E-state index in [0.29, 0.717) is 5.56 Å². The highest BCUT2D eigenvalue weighted by Crippen LogP contribution is 2.40. The number of aryl methyl sites for hydroxylation is 1. The lowest BCUT2D eigenvalue weighted by atomic mass is 9.78. The Morgan fingerprint density at radius 1 is 0.966 bits per heavy atom. The lowest BCUT2D eigenvalue weighted by molar-refractivity contribution is 0.0693. The number of carbonyl (C=O) groups excluding carboxylic acids is 2. The first-order valence-electron chi connectivity index (χ1n) is 8.95. The number of aromatic carboxylic acids is 1. The van der Waals surface area contributed by atoms with Crippen molar-refractivity contribution < 1.29 is 19.5 Å². The normalized spacial score (nSPS) is 12.5. The van der Waals surface area contributed by atoms with Crippen molar-refractivity contribution in [2.24, 2.45) is 0 Å². The first-order valence-corrected chi connectivity index (χ1v) is 9.40. The van der Waals surface area contributed by atoms with Crippen molar-refractivity contribution in [3.8, 4) is 0 Å². The number of rotatable bonds is 3. The van der Waals surface area contributed by atoms with Gasteiger partial charge >= 0.3 is 5.97 Å². The Morgan fingerprint density at radius 2 is 1.52 bits per heavy atom. The minimum absolute atomic E-state index is 0.0500. The first-order chi connectivity index (χ1) is 13.8. The number of hydrogen-bond donors (Lipinski definition) is 3. The van der Waals surface area contributed by atoms with Crippen molar-refractivity contribution in [2.45, 2.75) is 18.2 Å². The van der Waals surface area contributed by atoms with Crippen LogP contribution >= 0.6 is 12.6 Å². The molecule has 3 aromatic rings. The van der Waals surface area contributed by atoms with Gasteiger partial charge in [0.25, 0.3) is 0 Å². The number of carboxylic acid groups (broad SMARTS) is 1. The summed E-state index contributed by atoms with van der Waals surface area (Å²) >= 11 is 4.42. The molecule has 0 bridgehead atoms. The van der Waals surface area contributed by atoms with Crippen LogP contribution in [0.3, 0.4) is 0 Å². The van der Waals surface area contributed by atoms with Gasteiger partial charge < -0.3 is 10.8 Å².